The Morgan fingerprint density at radius 3 is 2.73 bits per heavy atom. The molecule has 1 saturated heterocycles. The molecule has 0 spiro atoms. The van der Waals surface area contributed by atoms with Crippen molar-refractivity contribution in [3.63, 3.8) is 0 Å². The number of halogens is 3. The molecule has 15 heavy (non-hydrogen) atoms. The zero-order valence-corrected chi connectivity index (χ0v) is 8.64. The van der Waals surface area contributed by atoms with Crippen molar-refractivity contribution in [3.8, 4) is 0 Å². The zero-order chi connectivity index (χ0) is 11.3. The highest BCUT2D eigenvalue weighted by molar-refractivity contribution is 4.74. The van der Waals surface area contributed by atoms with Gasteiger partial charge in [-0.05, 0) is 19.3 Å². The molecule has 0 aromatic heterocycles. The van der Waals surface area contributed by atoms with Gasteiger partial charge < -0.3 is 10.1 Å². The number of rotatable bonds is 5. The van der Waals surface area contributed by atoms with Gasteiger partial charge in [0.1, 0.15) is 0 Å². The summed E-state index contributed by atoms with van der Waals surface area (Å²) in [4.78, 5) is 0. The molecule has 1 aliphatic rings. The van der Waals surface area contributed by atoms with Crippen molar-refractivity contribution < 1.29 is 22.6 Å². The van der Waals surface area contributed by atoms with E-state index in [4.69, 9.17) is 4.74 Å². The predicted octanol–water partition coefficient (Wildman–Crippen LogP) is 1.54. The fourth-order valence-corrected chi connectivity index (χ4v) is 1.57. The minimum Gasteiger partial charge on any atom is -0.378 e. The molecule has 1 heterocycles. The lowest BCUT2D eigenvalue weighted by atomic mass is 10.0. The summed E-state index contributed by atoms with van der Waals surface area (Å²) in [5.41, 5.74) is 0. The van der Waals surface area contributed by atoms with E-state index in [1.54, 1.807) is 0 Å². The summed E-state index contributed by atoms with van der Waals surface area (Å²) in [6.07, 6.45) is -3.36. The van der Waals surface area contributed by atoms with Crippen molar-refractivity contribution in [1.82, 2.24) is 5.32 Å². The molecule has 0 radical (unpaired) electrons. The fourth-order valence-electron chi connectivity index (χ4n) is 1.57. The van der Waals surface area contributed by atoms with Crippen molar-refractivity contribution >= 4 is 0 Å². The molecule has 0 bridgehead atoms. The predicted molar refractivity (Wildman–Crippen MR) is 48.4 cm³/mol. The molecule has 2 unspecified atom stereocenters. The van der Waals surface area contributed by atoms with Gasteiger partial charge >= 0.3 is 6.36 Å². The highest BCUT2D eigenvalue weighted by Crippen LogP contribution is 2.19. The summed E-state index contributed by atoms with van der Waals surface area (Å²) < 4.78 is 43.7. The van der Waals surface area contributed by atoms with E-state index in [-0.39, 0.29) is 19.3 Å². The normalized spacial score (nSPS) is 27.2. The van der Waals surface area contributed by atoms with E-state index in [0.29, 0.717) is 12.5 Å². The third kappa shape index (κ3) is 5.34. The smallest absolute Gasteiger partial charge is 0.378 e. The average Bonchev–Trinajstić information content (AvgIpc) is 2.49. The molecule has 1 rings (SSSR count). The fraction of sp³-hybridized carbons (Fsp3) is 1.00. The van der Waals surface area contributed by atoms with E-state index in [1.807, 2.05) is 6.92 Å². The van der Waals surface area contributed by atoms with Gasteiger partial charge in [-0.2, -0.15) is 0 Å². The Balaban J connectivity index is 1.97. The summed E-state index contributed by atoms with van der Waals surface area (Å²) in [7, 11) is 0. The molecular formula is C9H16F3NO2. The average molecular weight is 227 g/mol. The molecule has 2 atom stereocenters. The van der Waals surface area contributed by atoms with Crippen LogP contribution in [0.5, 0.6) is 0 Å². The highest BCUT2D eigenvalue weighted by Gasteiger charge is 2.28. The van der Waals surface area contributed by atoms with Gasteiger partial charge in [-0.1, -0.05) is 0 Å². The molecule has 1 N–H and O–H groups in total. The summed E-state index contributed by atoms with van der Waals surface area (Å²) in [6, 6.07) is 0. The first-order valence-electron chi connectivity index (χ1n) is 5.02. The minimum absolute atomic E-state index is 0.195. The number of nitrogens with one attached hydrogen (secondary N) is 1. The lowest BCUT2D eigenvalue weighted by molar-refractivity contribution is -0.323. The molecule has 0 amide bonds. The second kappa shape index (κ2) is 5.67. The van der Waals surface area contributed by atoms with Gasteiger partial charge in [0.05, 0.1) is 12.7 Å². The van der Waals surface area contributed by atoms with E-state index >= 15 is 0 Å². The SMILES string of the molecule is CC1OCCC1CNCCOC(F)(F)F. The van der Waals surface area contributed by atoms with Gasteiger partial charge in [0.15, 0.2) is 0 Å². The maximum atomic E-state index is 11.6. The monoisotopic (exact) mass is 227 g/mol. The lowest BCUT2D eigenvalue weighted by Crippen LogP contribution is -2.30. The van der Waals surface area contributed by atoms with Crippen LogP contribution in [0.15, 0.2) is 0 Å². The van der Waals surface area contributed by atoms with Crippen LogP contribution >= 0.6 is 0 Å². The van der Waals surface area contributed by atoms with Crippen molar-refractivity contribution in [1.29, 1.82) is 0 Å². The number of hydrogen-bond donors (Lipinski definition) is 1. The number of ether oxygens (including phenoxy) is 2. The van der Waals surface area contributed by atoms with Crippen molar-refractivity contribution in [2.45, 2.75) is 25.8 Å². The number of hydrogen-bond acceptors (Lipinski definition) is 3. The van der Waals surface area contributed by atoms with Crippen LogP contribution in [0.2, 0.25) is 0 Å². The van der Waals surface area contributed by atoms with Gasteiger partial charge in [-0.3, -0.25) is 4.74 Å². The molecule has 0 aromatic carbocycles. The van der Waals surface area contributed by atoms with E-state index in [9.17, 15) is 13.2 Å². The largest absolute Gasteiger partial charge is 0.522 e. The van der Waals surface area contributed by atoms with Crippen LogP contribution in [0.1, 0.15) is 13.3 Å². The number of alkyl halides is 3. The van der Waals surface area contributed by atoms with Gasteiger partial charge in [-0.15, -0.1) is 13.2 Å². The van der Waals surface area contributed by atoms with Gasteiger partial charge in [0.2, 0.25) is 0 Å². The van der Waals surface area contributed by atoms with Crippen LogP contribution in [0.25, 0.3) is 0 Å². The molecule has 0 aliphatic carbocycles. The lowest BCUT2D eigenvalue weighted by Gasteiger charge is -2.14. The zero-order valence-electron chi connectivity index (χ0n) is 8.64. The summed E-state index contributed by atoms with van der Waals surface area (Å²) in [6.45, 7) is 3.27. The molecule has 1 fully saturated rings. The molecule has 90 valence electrons. The standard InChI is InChI=1S/C9H16F3NO2/c1-7-8(2-4-14-7)6-13-3-5-15-9(10,11)12/h7-8,13H,2-6H2,1H3. The van der Waals surface area contributed by atoms with Crippen molar-refractivity contribution in [2.75, 3.05) is 26.3 Å². The van der Waals surface area contributed by atoms with E-state index in [1.165, 1.54) is 0 Å². The van der Waals surface area contributed by atoms with Crippen LogP contribution in [0.3, 0.4) is 0 Å². The van der Waals surface area contributed by atoms with E-state index in [0.717, 1.165) is 13.0 Å². The maximum absolute atomic E-state index is 11.6. The maximum Gasteiger partial charge on any atom is 0.522 e. The van der Waals surface area contributed by atoms with Gasteiger partial charge in [0.25, 0.3) is 0 Å². The molecule has 0 saturated carbocycles. The summed E-state index contributed by atoms with van der Waals surface area (Å²) in [5, 5.41) is 2.93. The second-order valence-corrected chi connectivity index (χ2v) is 3.62. The van der Waals surface area contributed by atoms with Crippen molar-refractivity contribution in [2.24, 2.45) is 5.92 Å². The van der Waals surface area contributed by atoms with Crippen LogP contribution in [0, 0.1) is 5.92 Å². The highest BCUT2D eigenvalue weighted by atomic mass is 19.4. The topological polar surface area (TPSA) is 30.5 Å². The Labute approximate surface area is 86.9 Å². The molecule has 6 heteroatoms. The quantitative estimate of drug-likeness (QED) is 0.723. The Bertz CT molecular complexity index is 187. The van der Waals surface area contributed by atoms with Crippen molar-refractivity contribution in [3.05, 3.63) is 0 Å². The molecule has 0 aromatic rings. The molecule has 3 nitrogen and oxygen atoms in total. The van der Waals surface area contributed by atoms with Crippen LogP contribution in [-0.2, 0) is 9.47 Å². The first-order chi connectivity index (χ1) is 6.99. The second-order valence-electron chi connectivity index (χ2n) is 3.62. The Morgan fingerprint density at radius 1 is 1.47 bits per heavy atom. The first kappa shape index (κ1) is 12.7. The third-order valence-electron chi connectivity index (χ3n) is 2.48. The summed E-state index contributed by atoms with van der Waals surface area (Å²) in [5.74, 6) is 0.399. The van der Waals surface area contributed by atoms with E-state index in [2.05, 4.69) is 10.1 Å². The third-order valence-corrected chi connectivity index (χ3v) is 2.48. The van der Waals surface area contributed by atoms with Gasteiger partial charge in [0, 0.05) is 19.7 Å². The molecular weight excluding hydrogens is 211 g/mol. The Kier molecular flexibility index (Phi) is 4.82. The van der Waals surface area contributed by atoms with Crippen LogP contribution in [-0.4, -0.2) is 38.8 Å². The van der Waals surface area contributed by atoms with Gasteiger partial charge in [-0.25, -0.2) is 0 Å². The van der Waals surface area contributed by atoms with Crippen LogP contribution < -0.4 is 5.32 Å². The molecule has 1 aliphatic heterocycles. The Morgan fingerprint density at radius 2 is 2.20 bits per heavy atom. The minimum atomic E-state index is -4.52. The summed E-state index contributed by atoms with van der Waals surface area (Å²) >= 11 is 0. The first-order valence-corrected chi connectivity index (χ1v) is 5.02. The van der Waals surface area contributed by atoms with Crippen LogP contribution in [0.4, 0.5) is 13.2 Å². The van der Waals surface area contributed by atoms with E-state index < -0.39 is 6.36 Å². The Hall–Kier alpha value is -0.330.